The highest BCUT2D eigenvalue weighted by Crippen LogP contribution is 2.04. The second kappa shape index (κ2) is 5.40. The van der Waals surface area contributed by atoms with E-state index in [2.05, 4.69) is 36.8 Å². The third-order valence-corrected chi connectivity index (χ3v) is 2.78. The van der Waals surface area contributed by atoms with Crippen LogP contribution in [0.1, 0.15) is 20.3 Å². The number of rotatable bonds is 2. The molecule has 0 aromatic carbocycles. The van der Waals surface area contributed by atoms with Gasteiger partial charge < -0.3 is 4.90 Å². The van der Waals surface area contributed by atoms with E-state index >= 15 is 0 Å². The molecule has 0 bridgehead atoms. The molecule has 0 saturated carbocycles. The Kier molecular flexibility index (Phi) is 4.46. The Morgan fingerprint density at radius 1 is 1.23 bits per heavy atom. The van der Waals surface area contributed by atoms with E-state index in [-0.39, 0.29) is 0 Å². The fraction of sp³-hybridized carbons (Fsp3) is 0.818. The first-order chi connectivity index (χ1) is 6.22. The van der Waals surface area contributed by atoms with Crippen molar-refractivity contribution in [1.29, 1.82) is 0 Å². The maximum absolute atomic E-state index is 2.55. The molecule has 1 saturated heterocycles. The third kappa shape index (κ3) is 3.92. The van der Waals surface area contributed by atoms with Crippen LogP contribution in [0.2, 0.25) is 0 Å². The Morgan fingerprint density at radius 2 is 2.00 bits per heavy atom. The number of likely N-dealkylation sites (N-methyl/N-ethyl adjacent to an activating group) is 1. The normalized spacial score (nSPS) is 23.2. The Balaban J connectivity index is 2.34. The van der Waals surface area contributed by atoms with E-state index in [1.165, 1.54) is 38.2 Å². The molecule has 1 aliphatic heterocycles. The van der Waals surface area contributed by atoms with Gasteiger partial charge in [0.25, 0.3) is 0 Å². The standard InChI is InChI=1S/C11H22N2/c1-4-11(2)10-13-7-5-6-12(3)8-9-13/h4H,5-10H2,1-3H3/b11-4+. The number of hydrogen-bond donors (Lipinski definition) is 0. The highest BCUT2D eigenvalue weighted by atomic mass is 15.2. The molecule has 13 heavy (non-hydrogen) atoms. The molecule has 0 spiro atoms. The van der Waals surface area contributed by atoms with Crippen molar-refractivity contribution in [2.75, 3.05) is 39.8 Å². The molecule has 0 N–H and O–H groups in total. The zero-order valence-electron chi connectivity index (χ0n) is 9.21. The highest BCUT2D eigenvalue weighted by Gasteiger charge is 2.11. The molecule has 1 aliphatic rings. The van der Waals surface area contributed by atoms with Gasteiger partial charge in [-0.25, -0.2) is 0 Å². The molecule has 0 aromatic rings. The van der Waals surface area contributed by atoms with Crippen molar-refractivity contribution in [3.63, 3.8) is 0 Å². The van der Waals surface area contributed by atoms with Crippen LogP contribution < -0.4 is 0 Å². The lowest BCUT2D eigenvalue weighted by Gasteiger charge is -2.20. The van der Waals surface area contributed by atoms with Crippen molar-refractivity contribution in [2.45, 2.75) is 20.3 Å². The van der Waals surface area contributed by atoms with Crippen LogP contribution in [0.5, 0.6) is 0 Å². The summed E-state index contributed by atoms with van der Waals surface area (Å²) >= 11 is 0. The predicted octanol–water partition coefficient (Wildman–Crippen LogP) is 1.59. The quantitative estimate of drug-likeness (QED) is 0.598. The maximum Gasteiger partial charge on any atom is 0.0190 e. The second-order valence-electron chi connectivity index (χ2n) is 4.07. The van der Waals surface area contributed by atoms with Gasteiger partial charge >= 0.3 is 0 Å². The first kappa shape index (κ1) is 10.7. The summed E-state index contributed by atoms with van der Waals surface area (Å²) in [4.78, 5) is 4.98. The molecule has 76 valence electrons. The van der Waals surface area contributed by atoms with Crippen LogP contribution in [-0.4, -0.2) is 49.6 Å². The third-order valence-electron chi connectivity index (χ3n) is 2.78. The van der Waals surface area contributed by atoms with Crippen molar-refractivity contribution >= 4 is 0 Å². The Bertz CT molecular complexity index is 175. The molecule has 0 amide bonds. The monoisotopic (exact) mass is 182 g/mol. The van der Waals surface area contributed by atoms with Gasteiger partial charge in [-0.05, 0) is 40.4 Å². The zero-order valence-corrected chi connectivity index (χ0v) is 9.21. The Hall–Kier alpha value is -0.340. The summed E-state index contributed by atoms with van der Waals surface area (Å²) in [6.07, 6.45) is 3.53. The number of hydrogen-bond acceptors (Lipinski definition) is 2. The number of nitrogens with zero attached hydrogens (tertiary/aromatic N) is 2. The van der Waals surface area contributed by atoms with E-state index in [0.717, 1.165) is 6.54 Å². The second-order valence-corrected chi connectivity index (χ2v) is 4.07. The fourth-order valence-corrected chi connectivity index (χ4v) is 1.70. The molecule has 1 fully saturated rings. The topological polar surface area (TPSA) is 6.48 Å². The van der Waals surface area contributed by atoms with Gasteiger partial charge in [-0.3, -0.25) is 4.90 Å². The molecule has 0 unspecified atom stereocenters. The summed E-state index contributed by atoms with van der Waals surface area (Å²) in [5, 5.41) is 0. The van der Waals surface area contributed by atoms with Gasteiger partial charge in [-0.2, -0.15) is 0 Å². The fourth-order valence-electron chi connectivity index (χ4n) is 1.70. The Morgan fingerprint density at radius 3 is 2.69 bits per heavy atom. The average molecular weight is 182 g/mol. The smallest absolute Gasteiger partial charge is 0.0190 e. The summed E-state index contributed by atoms with van der Waals surface area (Å²) in [6, 6.07) is 0. The highest BCUT2D eigenvalue weighted by molar-refractivity contribution is 4.98. The largest absolute Gasteiger partial charge is 0.305 e. The van der Waals surface area contributed by atoms with Crippen molar-refractivity contribution in [3.8, 4) is 0 Å². The summed E-state index contributed by atoms with van der Waals surface area (Å²) in [5.41, 5.74) is 1.49. The predicted molar refractivity (Wildman–Crippen MR) is 58.0 cm³/mol. The molecule has 1 heterocycles. The zero-order chi connectivity index (χ0) is 9.68. The first-order valence-electron chi connectivity index (χ1n) is 5.25. The first-order valence-corrected chi connectivity index (χ1v) is 5.25. The minimum absolute atomic E-state index is 1.16. The average Bonchev–Trinajstić information content (AvgIpc) is 2.31. The SMILES string of the molecule is C/C=C(\C)CN1CCCN(C)CC1. The Labute approximate surface area is 82.2 Å². The molecule has 1 rings (SSSR count). The van der Waals surface area contributed by atoms with Crippen LogP contribution in [0.4, 0.5) is 0 Å². The van der Waals surface area contributed by atoms with E-state index < -0.39 is 0 Å². The van der Waals surface area contributed by atoms with Crippen LogP contribution in [0, 0.1) is 0 Å². The van der Waals surface area contributed by atoms with Crippen LogP contribution in [0.3, 0.4) is 0 Å². The molecule has 2 nitrogen and oxygen atoms in total. The lowest BCUT2D eigenvalue weighted by Crippen LogP contribution is -2.30. The molecular weight excluding hydrogens is 160 g/mol. The van der Waals surface area contributed by atoms with Crippen molar-refractivity contribution in [3.05, 3.63) is 11.6 Å². The van der Waals surface area contributed by atoms with Gasteiger partial charge in [0.1, 0.15) is 0 Å². The summed E-state index contributed by atoms with van der Waals surface area (Å²) in [6.45, 7) is 10.5. The molecule has 0 atom stereocenters. The van der Waals surface area contributed by atoms with Gasteiger partial charge in [0.05, 0.1) is 0 Å². The van der Waals surface area contributed by atoms with Crippen LogP contribution in [-0.2, 0) is 0 Å². The van der Waals surface area contributed by atoms with E-state index in [4.69, 9.17) is 0 Å². The van der Waals surface area contributed by atoms with Gasteiger partial charge in [-0.15, -0.1) is 0 Å². The molecule has 2 heteroatoms. The molecular formula is C11H22N2. The maximum atomic E-state index is 2.55. The number of allylic oxidation sites excluding steroid dienone is 1. The molecule has 0 radical (unpaired) electrons. The summed E-state index contributed by atoms with van der Waals surface area (Å²) in [5.74, 6) is 0. The summed E-state index contributed by atoms with van der Waals surface area (Å²) in [7, 11) is 2.21. The van der Waals surface area contributed by atoms with Crippen LogP contribution >= 0.6 is 0 Å². The van der Waals surface area contributed by atoms with Gasteiger partial charge in [0, 0.05) is 19.6 Å². The molecule has 0 aliphatic carbocycles. The minimum atomic E-state index is 1.16. The minimum Gasteiger partial charge on any atom is -0.305 e. The van der Waals surface area contributed by atoms with E-state index in [1.54, 1.807) is 0 Å². The lowest BCUT2D eigenvalue weighted by atomic mass is 10.2. The van der Waals surface area contributed by atoms with Crippen molar-refractivity contribution in [1.82, 2.24) is 9.80 Å². The van der Waals surface area contributed by atoms with E-state index in [9.17, 15) is 0 Å². The van der Waals surface area contributed by atoms with Gasteiger partial charge in [0.2, 0.25) is 0 Å². The van der Waals surface area contributed by atoms with Crippen LogP contribution in [0.25, 0.3) is 0 Å². The van der Waals surface area contributed by atoms with Crippen molar-refractivity contribution < 1.29 is 0 Å². The van der Waals surface area contributed by atoms with Crippen molar-refractivity contribution in [2.24, 2.45) is 0 Å². The van der Waals surface area contributed by atoms with E-state index in [1.807, 2.05) is 0 Å². The van der Waals surface area contributed by atoms with Crippen LogP contribution in [0.15, 0.2) is 11.6 Å². The molecule has 0 aromatic heterocycles. The van der Waals surface area contributed by atoms with Gasteiger partial charge in [-0.1, -0.05) is 11.6 Å². The van der Waals surface area contributed by atoms with E-state index in [0.29, 0.717) is 0 Å². The lowest BCUT2D eigenvalue weighted by molar-refractivity contribution is 0.295. The summed E-state index contributed by atoms with van der Waals surface area (Å²) < 4.78 is 0. The van der Waals surface area contributed by atoms with Gasteiger partial charge in [0.15, 0.2) is 0 Å².